The van der Waals surface area contributed by atoms with Crippen molar-refractivity contribution in [1.29, 1.82) is 0 Å². The van der Waals surface area contributed by atoms with E-state index in [-0.39, 0.29) is 0 Å². The van der Waals surface area contributed by atoms with Crippen LogP contribution in [0.15, 0.2) is 24.3 Å². The molecule has 1 aromatic carbocycles. The number of thiophene rings is 1. The summed E-state index contributed by atoms with van der Waals surface area (Å²) in [4.78, 5) is 13.8. The van der Waals surface area contributed by atoms with Crippen molar-refractivity contribution >= 4 is 39.0 Å². The van der Waals surface area contributed by atoms with E-state index in [9.17, 15) is 0 Å². The van der Waals surface area contributed by atoms with Gasteiger partial charge in [-0.2, -0.15) is 4.98 Å². The molecule has 1 aliphatic heterocycles. The fourth-order valence-electron chi connectivity index (χ4n) is 3.47. The van der Waals surface area contributed by atoms with Gasteiger partial charge in [0.25, 0.3) is 0 Å². The molecule has 0 radical (unpaired) electrons. The standard InChI is InChI=1S/C19H20ClN3S/c1-12-6-8-14(9-7-12)15-13(2)24-18-16(15)17(21-19(20)22-18)23-10-4-3-5-11-23/h6-9H,3-5,10-11H2,1-2H3. The number of piperidine rings is 1. The monoisotopic (exact) mass is 357 g/mol. The molecule has 0 unspecified atom stereocenters. The highest BCUT2D eigenvalue weighted by Crippen LogP contribution is 2.42. The first-order chi connectivity index (χ1) is 11.6. The van der Waals surface area contributed by atoms with Crippen molar-refractivity contribution in [3.8, 4) is 11.1 Å². The minimum Gasteiger partial charge on any atom is -0.356 e. The zero-order valence-corrected chi connectivity index (χ0v) is 15.5. The molecule has 3 aromatic rings. The highest BCUT2D eigenvalue weighted by Gasteiger charge is 2.22. The summed E-state index contributed by atoms with van der Waals surface area (Å²) in [7, 11) is 0. The molecule has 1 aliphatic rings. The molecule has 124 valence electrons. The smallest absolute Gasteiger partial charge is 0.225 e. The molecule has 0 aliphatic carbocycles. The van der Waals surface area contributed by atoms with Crippen LogP contribution in [-0.4, -0.2) is 23.1 Å². The number of anilines is 1. The lowest BCUT2D eigenvalue weighted by molar-refractivity contribution is 0.574. The van der Waals surface area contributed by atoms with E-state index in [1.807, 2.05) is 0 Å². The van der Waals surface area contributed by atoms with E-state index in [2.05, 4.69) is 53.0 Å². The minimum atomic E-state index is 0.347. The van der Waals surface area contributed by atoms with Crippen molar-refractivity contribution in [2.75, 3.05) is 18.0 Å². The molecule has 2 aromatic heterocycles. The highest BCUT2D eigenvalue weighted by atomic mass is 35.5. The maximum Gasteiger partial charge on any atom is 0.225 e. The van der Waals surface area contributed by atoms with Gasteiger partial charge in [-0.25, -0.2) is 4.98 Å². The molecule has 0 bridgehead atoms. The molecule has 4 rings (SSSR count). The predicted molar refractivity (Wildman–Crippen MR) is 103 cm³/mol. The minimum absolute atomic E-state index is 0.347. The first kappa shape index (κ1) is 15.9. The Kier molecular flexibility index (Phi) is 4.19. The van der Waals surface area contributed by atoms with Crippen LogP contribution in [-0.2, 0) is 0 Å². The lowest BCUT2D eigenvalue weighted by Crippen LogP contribution is -2.30. The Hall–Kier alpha value is -1.65. The summed E-state index contributed by atoms with van der Waals surface area (Å²) in [6.45, 7) is 6.37. The number of rotatable bonds is 2. The van der Waals surface area contributed by atoms with Gasteiger partial charge in [-0.3, -0.25) is 0 Å². The molecule has 24 heavy (non-hydrogen) atoms. The average molecular weight is 358 g/mol. The second-order valence-electron chi connectivity index (χ2n) is 6.44. The molecule has 0 saturated carbocycles. The number of aromatic nitrogens is 2. The van der Waals surface area contributed by atoms with Crippen LogP contribution < -0.4 is 4.90 Å². The van der Waals surface area contributed by atoms with Crippen molar-refractivity contribution in [2.24, 2.45) is 0 Å². The zero-order valence-electron chi connectivity index (χ0n) is 14.0. The maximum atomic E-state index is 6.23. The Morgan fingerprint density at radius 2 is 1.71 bits per heavy atom. The first-order valence-electron chi connectivity index (χ1n) is 8.42. The van der Waals surface area contributed by atoms with Crippen molar-refractivity contribution in [2.45, 2.75) is 33.1 Å². The van der Waals surface area contributed by atoms with Gasteiger partial charge in [0, 0.05) is 23.5 Å². The molecular weight excluding hydrogens is 338 g/mol. The molecule has 1 fully saturated rings. The summed E-state index contributed by atoms with van der Waals surface area (Å²) in [6.07, 6.45) is 3.73. The third-order valence-corrected chi connectivity index (χ3v) is 5.85. The summed E-state index contributed by atoms with van der Waals surface area (Å²) in [5.41, 5.74) is 3.76. The van der Waals surface area contributed by atoms with Gasteiger partial charge < -0.3 is 4.90 Å². The number of halogens is 1. The second-order valence-corrected chi connectivity index (χ2v) is 7.98. The van der Waals surface area contributed by atoms with Gasteiger partial charge in [-0.15, -0.1) is 11.3 Å². The van der Waals surface area contributed by atoms with Crippen LogP contribution in [0, 0.1) is 13.8 Å². The number of hydrogen-bond donors (Lipinski definition) is 0. The third kappa shape index (κ3) is 2.78. The Bertz CT molecular complexity index is 880. The van der Waals surface area contributed by atoms with Crippen LogP contribution in [0.25, 0.3) is 21.3 Å². The Morgan fingerprint density at radius 1 is 1.00 bits per heavy atom. The van der Waals surface area contributed by atoms with Gasteiger partial charge in [0.1, 0.15) is 10.6 Å². The van der Waals surface area contributed by atoms with Gasteiger partial charge in [-0.05, 0) is 50.3 Å². The summed E-state index contributed by atoms with van der Waals surface area (Å²) >= 11 is 7.94. The van der Waals surface area contributed by atoms with Crippen LogP contribution in [0.3, 0.4) is 0 Å². The van der Waals surface area contributed by atoms with E-state index < -0.39 is 0 Å². The summed E-state index contributed by atoms with van der Waals surface area (Å²) in [5, 5.41) is 1.51. The van der Waals surface area contributed by atoms with Gasteiger partial charge in [0.05, 0.1) is 5.39 Å². The van der Waals surface area contributed by atoms with E-state index in [1.165, 1.54) is 40.8 Å². The third-order valence-electron chi connectivity index (χ3n) is 4.68. The molecule has 3 nitrogen and oxygen atoms in total. The summed E-state index contributed by atoms with van der Waals surface area (Å²) < 4.78 is 0. The first-order valence-corrected chi connectivity index (χ1v) is 9.61. The lowest BCUT2D eigenvalue weighted by atomic mass is 10.0. The number of aryl methyl sites for hydroxylation is 2. The molecule has 0 spiro atoms. The van der Waals surface area contributed by atoms with Gasteiger partial charge in [-0.1, -0.05) is 29.8 Å². The Labute approximate surface area is 151 Å². The number of benzene rings is 1. The number of nitrogens with zero attached hydrogens (tertiary/aromatic N) is 3. The van der Waals surface area contributed by atoms with E-state index in [1.54, 1.807) is 11.3 Å². The van der Waals surface area contributed by atoms with Crippen molar-refractivity contribution < 1.29 is 0 Å². The van der Waals surface area contributed by atoms with Crippen LogP contribution in [0.4, 0.5) is 5.82 Å². The van der Waals surface area contributed by atoms with E-state index in [4.69, 9.17) is 11.6 Å². The highest BCUT2D eigenvalue weighted by molar-refractivity contribution is 7.19. The van der Waals surface area contributed by atoms with Crippen LogP contribution in [0.5, 0.6) is 0 Å². The molecule has 5 heteroatoms. The van der Waals surface area contributed by atoms with Gasteiger partial charge >= 0.3 is 0 Å². The molecule has 0 atom stereocenters. The van der Waals surface area contributed by atoms with Gasteiger partial charge in [0.2, 0.25) is 5.28 Å². The van der Waals surface area contributed by atoms with Crippen molar-refractivity contribution in [1.82, 2.24) is 9.97 Å². The molecule has 1 saturated heterocycles. The van der Waals surface area contributed by atoms with Crippen molar-refractivity contribution in [3.63, 3.8) is 0 Å². The molecule has 0 amide bonds. The van der Waals surface area contributed by atoms with E-state index in [0.717, 1.165) is 29.1 Å². The van der Waals surface area contributed by atoms with E-state index in [0.29, 0.717) is 5.28 Å². The summed E-state index contributed by atoms with van der Waals surface area (Å²) in [5.74, 6) is 1.00. The Morgan fingerprint density at radius 3 is 2.42 bits per heavy atom. The van der Waals surface area contributed by atoms with E-state index >= 15 is 0 Å². The fraction of sp³-hybridized carbons (Fsp3) is 0.368. The second kappa shape index (κ2) is 6.34. The average Bonchev–Trinajstić information content (AvgIpc) is 2.91. The van der Waals surface area contributed by atoms with Gasteiger partial charge in [0.15, 0.2) is 0 Å². The predicted octanol–water partition coefficient (Wildman–Crippen LogP) is 5.62. The largest absolute Gasteiger partial charge is 0.356 e. The van der Waals surface area contributed by atoms with Crippen LogP contribution in [0.2, 0.25) is 5.28 Å². The number of hydrogen-bond acceptors (Lipinski definition) is 4. The maximum absolute atomic E-state index is 6.23. The van der Waals surface area contributed by atoms with Crippen molar-refractivity contribution in [3.05, 3.63) is 40.0 Å². The normalized spacial score (nSPS) is 15.2. The SMILES string of the molecule is Cc1ccc(-c2c(C)sc3nc(Cl)nc(N4CCCCC4)c23)cc1. The molecule has 0 N–H and O–H groups in total. The lowest BCUT2D eigenvalue weighted by Gasteiger charge is -2.28. The topological polar surface area (TPSA) is 29.0 Å². The Balaban J connectivity index is 1.96. The van der Waals surface area contributed by atoms with Crippen LogP contribution in [0.1, 0.15) is 29.7 Å². The molecular formula is C19H20ClN3S. The molecule has 3 heterocycles. The zero-order chi connectivity index (χ0) is 16.7. The summed E-state index contributed by atoms with van der Waals surface area (Å²) in [6, 6.07) is 8.71. The number of fused-ring (bicyclic) bond motifs is 1. The quantitative estimate of drug-likeness (QED) is 0.557. The van der Waals surface area contributed by atoms with Crippen LogP contribution >= 0.6 is 22.9 Å². The fourth-order valence-corrected chi connectivity index (χ4v) is 4.72.